The molecule has 1 saturated heterocycles. The van der Waals surface area contributed by atoms with Crippen LogP contribution in [-0.2, 0) is 28.9 Å². The molecule has 0 radical (unpaired) electrons. The number of halogens is 3. The molecule has 1 aliphatic rings. The number of likely N-dealkylation sites (N-methyl/N-ethyl adjacent to an activating group) is 1. The van der Waals surface area contributed by atoms with Gasteiger partial charge in [0.15, 0.2) is 0 Å². The van der Waals surface area contributed by atoms with Gasteiger partial charge in [0.05, 0.1) is 6.54 Å². The zero-order chi connectivity index (χ0) is 21.8. The number of piperazine rings is 1. The van der Waals surface area contributed by atoms with E-state index in [0.717, 1.165) is 13.1 Å². The van der Waals surface area contributed by atoms with Gasteiger partial charge in [0, 0.05) is 45.5 Å². The fourth-order valence-corrected chi connectivity index (χ4v) is 2.86. The van der Waals surface area contributed by atoms with E-state index < -0.39 is 35.5 Å². The lowest BCUT2D eigenvalue weighted by molar-refractivity contribution is -0.141. The summed E-state index contributed by atoms with van der Waals surface area (Å²) in [6, 6.07) is 0. The van der Waals surface area contributed by atoms with E-state index in [2.05, 4.69) is 10.2 Å². The second kappa shape index (κ2) is 9.22. The van der Waals surface area contributed by atoms with Crippen LogP contribution in [0, 0.1) is 0 Å². The molecule has 0 aromatic carbocycles. The highest BCUT2D eigenvalue weighted by atomic mass is 19.4. The molecule has 162 valence electrons. The summed E-state index contributed by atoms with van der Waals surface area (Å²) in [4.78, 5) is 50.9. The molecular formula is C16H22F3N5O5. The van der Waals surface area contributed by atoms with Gasteiger partial charge in [-0.3, -0.25) is 23.9 Å². The fraction of sp³-hybridized carbons (Fsp3) is 0.625. The number of nitrogens with zero attached hydrogens (tertiary/aromatic N) is 4. The zero-order valence-electron chi connectivity index (χ0n) is 15.7. The summed E-state index contributed by atoms with van der Waals surface area (Å²) in [6.45, 7) is 1.46. The molecule has 13 heteroatoms. The normalized spacial score (nSPS) is 16.0. The van der Waals surface area contributed by atoms with E-state index in [1.54, 1.807) is 0 Å². The number of aromatic nitrogens is 2. The first-order valence-corrected chi connectivity index (χ1v) is 8.80. The smallest absolute Gasteiger partial charge is 0.423 e. The van der Waals surface area contributed by atoms with Crippen LogP contribution in [-0.4, -0.2) is 82.2 Å². The van der Waals surface area contributed by atoms with Crippen molar-refractivity contribution in [2.24, 2.45) is 0 Å². The number of carbonyl (C=O) groups is 2. The van der Waals surface area contributed by atoms with Crippen molar-refractivity contribution in [3.8, 4) is 0 Å². The highest BCUT2D eigenvalue weighted by molar-refractivity contribution is 5.77. The number of carboxylic acids is 1. The third-order valence-electron chi connectivity index (χ3n) is 4.47. The van der Waals surface area contributed by atoms with Crippen LogP contribution < -0.4 is 16.6 Å². The maximum Gasteiger partial charge on any atom is 0.423 e. The molecule has 2 heterocycles. The minimum atomic E-state index is -5.06. The summed E-state index contributed by atoms with van der Waals surface area (Å²) in [6.07, 6.45) is -4.72. The van der Waals surface area contributed by atoms with Gasteiger partial charge in [-0.25, -0.2) is 9.36 Å². The lowest BCUT2D eigenvalue weighted by Gasteiger charge is -2.31. The third kappa shape index (κ3) is 6.15. The number of nitrogens with one attached hydrogen (secondary N) is 1. The van der Waals surface area contributed by atoms with Crippen molar-refractivity contribution in [2.75, 3.05) is 46.3 Å². The molecule has 0 unspecified atom stereocenters. The summed E-state index contributed by atoms with van der Waals surface area (Å²) in [7, 11) is 1.97. The summed E-state index contributed by atoms with van der Waals surface area (Å²) in [5, 5.41) is 11.3. The van der Waals surface area contributed by atoms with E-state index in [1.807, 2.05) is 11.9 Å². The molecule has 1 aromatic heterocycles. The quantitative estimate of drug-likeness (QED) is 0.549. The number of rotatable bonds is 7. The second-order valence-corrected chi connectivity index (χ2v) is 6.73. The Morgan fingerprint density at radius 1 is 1.14 bits per heavy atom. The topological polar surface area (TPSA) is 117 Å². The van der Waals surface area contributed by atoms with E-state index in [9.17, 15) is 32.3 Å². The van der Waals surface area contributed by atoms with Gasteiger partial charge in [-0.1, -0.05) is 0 Å². The van der Waals surface area contributed by atoms with E-state index in [4.69, 9.17) is 5.11 Å². The molecular weight excluding hydrogens is 399 g/mol. The molecule has 2 N–H and O–H groups in total. The van der Waals surface area contributed by atoms with Crippen LogP contribution in [0.15, 0.2) is 15.8 Å². The molecule has 0 aliphatic carbocycles. The van der Waals surface area contributed by atoms with E-state index in [-0.39, 0.29) is 30.1 Å². The van der Waals surface area contributed by atoms with Crippen LogP contribution >= 0.6 is 0 Å². The van der Waals surface area contributed by atoms with Crippen molar-refractivity contribution in [3.63, 3.8) is 0 Å². The Labute approximate surface area is 163 Å². The fourth-order valence-electron chi connectivity index (χ4n) is 2.86. The molecule has 1 amide bonds. The highest BCUT2D eigenvalue weighted by Gasteiger charge is 2.36. The average Bonchev–Trinajstić information content (AvgIpc) is 2.61. The lowest BCUT2D eigenvalue weighted by Crippen LogP contribution is -2.49. The highest BCUT2D eigenvalue weighted by Crippen LogP contribution is 2.25. The van der Waals surface area contributed by atoms with Gasteiger partial charge in [-0.15, -0.1) is 0 Å². The van der Waals surface area contributed by atoms with Crippen molar-refractivity contribution >= 4 is 11.9 Å². The Bertz CT molecular complexity index is 871. The average molecular weight is 421 g/mol. The molecule has 1 aromatic rings. The zero-order valence-corrected chi connectivity index (χ0v) is 15.7. The Morgan fingerprint density at radius 2 is 1.76 bits per heavy atom. The van der Waals surface area contributed by atoms with Crippen LogP contribution in [0.5, 0.6) is 0 Å². The van der Waals surface area contributed by atoms with Crippen molar-refractivity contribution < 1.29 is 27.9 Å². The van der Waals surface area contributed by atoms with Gasteiger partial charge in [-0.05, 0) is 7.05 Å². The van der Waals surface area contributed by atoms with Gasteiger partial charge >= 0.3 is 17.8 Å². The molecule has 0 spiro atoms. The van der Waals surface area contributed by atoms with Crippen molar-refractivity contribution in [3.05, 3.63) is 32.6 Å². The van der Waals surface area contributed by atoms with Crippen LogP contribution in [0.25, 0.3) is 0 Å². The maximum absolute atomic E-state index is 13.1. The standard InChI is InChI=1S/C16H22F3N5O5/c1-21-4-6-22(7-5-21)9-12(25)20-2-3-23-8-11(16(17,18)19)14(28)24(15(23)29)10-13(26)27/h8H,2-7,9-10H2,1H3,(H,20,25)(H,26,27). The predicted molar refractivity (Wildman–Crippen MR) is 94.5 cm³/mol. The first kappa shape index (κ1) is 22.6. The minimum absolute atomic E-state index is 0.0111. The maximum atomic E-state index is 13.1. The first-order valence-electron chi connectivity index (χ1n) is 8.80. The molecule has 2 rings (SSSR count). The van der Waals surface area contributed by atoms with Crippen LogP contribution in [0.3, 0.4) is 0 Å². The molecule has 0 bridgehead atoms. The number of amides is 1. The van der Waals surface area contributed by atoms with Crippen molar-refractivity contribution in [1.82, 2.24) is 24.3 Å². The lowest BCUT2D eigenvalue weighted by atomic mass is 10.3. The van der Waals surface area contributed by atoms with E-state index in [0.29, 0.717) is 23.9 Å². The first-order chi connectivity index (χ1) is 13.5. The molecule has 1 fully saturated rings. The summed E-state index contributed by atoms with van der Waals surface area (Å²) < 4.78 is 39.8. The third-order valence-corrected chi connectivity index (χ3v) is 4.47. The Hall–Kier alpha value is -2.67. The summed E-state index contributed by atoms with van der Waals surface area (Å²) in [5.41, 5.74) is -4.57. The van der Waals surface area contributed by atoms with Gasteiger partial charge in [0.25, 0.3) is 5.56 Å². The van der Waals surface area contributed by atoms with Crippen molar-refractivity contribution in [1.29, 1.82) is 0 Å². The number of alkyl halides is 3. The minimum Gasteiger partial charge on any atom is -0.480 e. The second-order valence-electron chi connectivity index (χ2n) is 6.73. The number of hydrogen-bond donors (Lipinski definition) is 2. The van der Waals surface area contributed by atoms with Crippen LogP contribution in [0.4, 0.5) is 13.2 Å². The molecule has 1 aliphatic heterocycles. The molecule has 10 nitrogen and oxygen atoms in total. The van der Waals surface area contributed by atoms with Gasteiger partial charge in [0.1, 0.15) is 12.1 Å². The largest absolute Gasteiger partial charge is 0.480 e. The van der Waals surface area contributed by atoms with E-state index in [1.165, 1.54) is 0 Å². The monoisotopic (exact) mass is 421 g/mol. The van der Waals surface area contributed by atoms with Crippen molar-refractivity contribution in [2.45, 2.75) is 19.3 Å². The number of carboxylic acid groups (broad SMARTS) is 1. The number of carbonyl (C=O) groups excluding carboxylic acids is 1. The summed E-state index contributed by atoms with van der Waals surface area (Å²) >= 11 is 0. The van der Waals surface area contributed by atoms with Crippen LogP contribution in [0.2, 0.25) is 0 Å². The number of hydrogen-bond acceptors (Lipinski definition) is 6. The Morgan fingerprint density at radius 3 is 2.31 bits per heavy atom. The SMILES string of the molecule is CN1CCN(CC(=O)NCCn2cc(C(F)(F)F)c(=O)n(CC(=O)O)c2=O)CC1. The van der Waals surface area contributed by atoms with Gasteiger partial charge in [-0.2, -0.15) is 13.2 Å². The predicted octanol–water partition coefficient (Wildman–Crippen LogP) is -1.52. The van der Waals surface area contributed by atoms with E-state index >= 15 is 0 Å². The molecule has 29 heavy (non-hydrogen) atoms. The number of aliphatic carboxylic acids is 1. The van der Waals surface area contributed by atoms with Gasteiger partial charge in [0.2, 0.25) is 5.91 Å². The van der Waals surface area contributed by atoms with Gasteiger partial charge < -0.3 is 15.3 Å². The Kier molecular flexibility index (Phi) is 7.19. The summed E-state index contributed by atoms with van der Waals surface area (Å²) in [5.74, 6) is -1.98. The molecule has 0 atom stereocenters. The Balaban J connectivity index is 2.07. The van der Waals surface area contributed by atoms with Crippen LogP contribution in [0.1, 0.15) is 5.56 Å². The molecule has 0 saturated carbocycles.